The fourth-order valence-corrected chi connectivity index (χ4v) is 3.24. The fraction of sp³-hybridized carbons (Fsp3) is 0.476. The van der Waals surface area contributed by atoms with Gasteiger partial charge in [-0.25, -0.2) is 4.98 Å². The number of nitrogens with zero attached hydrogens (tertiary/aromatic N) is 1. The summed E-state index contributed by atoms with van der Waals surface area (Å²) in [6.45, 7) is 3.03. The minimum atomic E-state index is 0.318. The van der Waals surface area contributed by atoms with Gasteiger partial charge in [0, 0.05) is 30.1 Å². The molecule has 1 saturated heterocycles. The second kappa shape index (κ2) is 6.83. The van der Waals surface area contributed by atoms with Gasteiger partial charge in [-0.15, -0.1) is 0 Å². The lowest BCUT2D eigenvalue weighted by molar-refractivity contribution is 0.0157. The molecule has 3 nitrogen and oxygen atoms in total. The van der Waals surface area contributed by atoms with Crippen molar-refractivity contribution in [2.75, 3.05) is 6.61 Å². The molecular weight excluding hydrogens is 296 g/mol. The summed E-state index contributed by atoms with van der Waals surface area (Å²) in [5.41, 5.74) is 4.63. The van der Waals surface area contributed by atoms with Gasteiger partial charge < -0.3 is 9.72 Å². The van der Waals surface area contributed by atoms with Crippen LogP contribution in [0.25, 0.3) is 11.3 Å². The molecule has 1 aliphatic heterocycles. The molecule has 2 aliphatic rings. The average Bonchev–Trinajstić information content (AvgIpc) is 3.32. The number of hydrogen-bond donors (Lipinski definition) is 1. The van der Waals surface area contributed by atoms with Crippen molar-refractivity contribution in [2.24, 2.45) is 5.92 Å². The standard InChI is InChI=1S/C21H24N2O/c1-15-12-17(8-7-16-5-6-16)9-10-19(15)20-14-22-21(23-20)13-18-4-2-3-11-24-18/h9-10,12,14,16,18H,2-6,11,13H2,1H3,(H,22,23)/t18-/m1/s1. The number of ether oxygens (including phenoxy) is 1. The monoisotopic (exact) mass is 320 g/mol. The van der Waals surface area contributed by atoms with Crippen LogP contribution in [-0.2, 0) is 11.2 Å². The summed E-state index contributed by atoms with van der Waals surface area (Å²) >= 11 is 0. The molecule has 124 valence electrons. The first kappa shape index (κ1) is 15.5. The Kier molecular flexibility index (Phi) is 4.40. The zero-order valence-corrected chi connectivity index (χ0v) is 14.3. The first-order chi connectivity index (χ1) is 11.8. The van der Waals surface area contributed by atoms with Crippen LogP contribution in [0.4, 0.5) is 0 Å². The van der Waals surface area contributed by atoms with Crippen molar-refractivity contribution in [1.82, 2.24) is 9.97 Å². The van der Waals surface area contributed by atoms with Crippen molar-refractivity contribution in [2.45, 2.75) is 51.6 Å². The molecule has 0 radical (unpaired) electrons. The van der Waals surface area contributed by atoms with E-state index in [4.69, 9.17) is 4.74 Å². The van der Waals surface area contributed by atoms with Gasteiger partial charge >= 0.3 is 0 Å². The molecular formula is C21H24N2O. The Balaban J connectivity index is 1.48. The summed E-state index contributed by atoms with van der Waals surface area (Å²) in [6.07, 6.45) is 9.27. The maximum absolute atomic E-state index is 5.81. The summed E-state index contributed by atoms with van der Waals surface area (Å²) in [7, 11) is 0. The lowest BCUT2D eigenvalue weighted by atomic mass is 10.0. The number of aromatic amines is 1. The van der Waals surface area contributed by atoms with E-state index in [1.807, 2.05) is 6.20 Å². The van der Waals surface area contributed by atoms with E-state index < -0.39 is 0 Å². The Labute approximate surface area is 143 Å². The third kappa shape index (κ3) is 3.71. The highest BCUT2D eigenvalue weighted by molar-refractivity contribution is 5.64. The van der Waals surface area contributed by atoms with E-state index in [9.17, 15) is 0 Å². The van der Waals surface area contributed by atoms with Gasteiger partial charge in [-0.3, -0.25) is 0 Å². The Morgan fingerprint density at radius 2 is 2.17 bits per heavy atom. The normalized spacial score (nSPS) is 20.5. The molecule has 2 heterocycles. The molecule has 0 amide bonds. The molecule has 1 saturated carbocycles. The van der Waals surface area contributed by atoms with Crippen LogP contribution in [0.3, 0.4) is 0 Å². The van der Waals surface area contributed by atoms with Gasteiger partial charge in [-0.1, -0.05) is 17.9 Å². The van der Waals surface area contributed by atoms with E-state index >= 15 is 0 Å². The van der Waals surface area contributed by atoms with E-state index in [2.05, 4.69) is 46.9 Å². The molecule has 1 aromatic carbocycles. The van der Waals surface area contributed by atoms with Crippen molar-refractivity contribution in [3.05, 3.63) is 41.3 Å². The van der Waals surface area contributed by atoms with Gasteiger partial charge in [0.1, 0.15) is 5.82 Å². The van der Waals surface area contributed by atoms with Gasteiger partial charge in [0.05, 0.1) is 18.0 Å². The van der Waals surface area contributed by atoms with Crippen molar-refractivity contribution in [3.8, 4) is 23.1 Å². The van der Waals surface area contributed by atoms with E-state index in [1.165, 1.54) is 36.8 Å². The van der Waals surface area contributed by atoms with Crippen molar-refractivity contribution in [1.29, 1.82) is 0 Å². The van der Waals surface area contributed by atoms with Crippen molar-refractivity contribution >= 4 is 0 Å². The van der Waals surface area contributed by atoms with Crippen LogP contribution in [0.5, 0.6) is 0 Å². The number of aryl methyl sites for hydroxylation is 1. The molecule has 0 unspecified atom stereocenters. The van der Waals surface area contributed by atoms with E-state index in [0.29, 0.717) is 12.0 Å². The highest BCUT2D eigenvalue weighted by Crippen LogP contribution is 2.28. The SMILES string of the molecule is Cc1cc(C#CC2CC2)ccc1-c1cnc(C[C@H]2CCCCO2)[nH]1. The molecule has 1 aliphatic carbocycles. The summed E-state index contributed by atoms with van der Waals surface area (Å²) in [5, 5.41) is 0. The molecule has 24 heavy (non-hydrogen) atoms. The second-order valence-electron chi connectivity index (χ2n) is 7.01. The first-order valence-corrected chi connectivity index (χ1v) is 9.06. The third-order valence-corrected chi connectivity index (χ3v) is 4.84. The van der Waals surface area contributed by atoms with E-state index in [1.54, 1.807) is 0 Å². The maximum atomic E-state index is 5.81. The molecule has 0 spiro atoms. The van der Waals surface area contributed by atoms with Crippen LogP contribution >= 0.6 is 0 Å². The van der Waals surface area contributed by atoms with Gasteiger partial charge in [0.25, 0.3) is 0 Å². The van der Waals surface area contributed by atoms with Crippen LogP contribution < -0.4 is 0 Å². The number of benzene rings is 1. The van der Waals surface area contributed by atoms with Crippen LogP contribution in [0, 0.1) is 24.7 Å². The van der Waals surface area contributed by atoms with Crippen LogP contribution in [0.2, 0.25) is 0 Å². The third-order valence-electron chi connectivity index (χ3n) is 4.84. The van der Waals surface area contributed by atoms with Gasteiger partial charge in [-0.2, -0.15) is 0 Å². The summed E-state index contributed by atoms with van der Waals surface area (Å²) in [5.74, 6) is 8.28. The number of imidazole rings is 1. The maximum Gasteiger partial charge on any atom is 0.109 e. The molecule has 0 bridgehead atoms. The second-order valence-corrected chi connectivity index (χ2v) is 7.01. The minimum Gasteiger partial charge on any atom is -0.378 e. The van der Waals surface area contributed by atoms with Gasteiger partial charge in [0.2, 0.25) is 0 Å². The predicted octanol–water partition coefficient (Wildman–Crippen LogP) is 4.26. The summed E-state index contributed by atoms with van der Waals surface area (Å²) in [6, 6.07) is 6.44. The molecule has 2 fully saturated rings. The number of nitrogens with one attached hydrogen (secondary N) is 1. The number of H-pyrrole nitrogens is 1. The Bertz CT molecular complexity index is 771. The molecule has 1 atom stereocenters. The topological polar surface area (TPSA) is 37.9 Å². The van der Waals surface area contributed by atoms with Crippen LogP contribution in [0.15, 0.2) is 24.4 Å². The van der Waals surface area contributed by atoms with Gasteiger partial charge in [-0.05, 0) is 56.7 Å². The first-order valence-electron chi connectivity index (χ1n) is 9.06. The molecule has 2 aromatic rings. The number of aromatic nitrogens is 2. The Morgan fingerprint density at radius 3 is 2.92 bits per heavy atom. The quantitative estimate of drug-likeness (QED) is 0.858. The summed E-state index contributed by atoms with van der Waals surface area (Å²) < 4.78 is 5.81. The Hall–Kier alpha value is -2.05. The molecule has 4 rings (SSSR count). The number of hydrogen-bond acceptors (Lipinski definition) is 2. The van der Waals surface area contributed by atoms with Crippen molar-refractivity contribution < 1.29 is 4.74 Å². The summed E-state index contributed by atoms with van der Waals surface area (Å²) in [4.78, 5) is 8.02. The zero-order valence-electron chi connectivity index (χ0n) is 14.3. The molecule has 3 heteroatoms. The Morgan fingerprint density at radius 1 is 1.25 bits per heavy atom. The number of rotatable bonds is 3. The van der Waals surface area contributed by atoms with Crippen LogP contribution in [-0.4, -0.2) is 22.7 Å². The van der Waals surface area contributed by atoms with Crippen molar-refractivity contribution in [3.63, 3.8) is 0 Å². The van der Waals surface area contributed by atoms with E-state index in [-0.39, 0.29) is 0 Å². The predicted molar refractivity (Wildman–Crippen MR) is 95.7 cm³/mol. The average molecular weight is 320 g/mol. The molecule has 1 N–H and O–H groups in total. The fourth-order valence-electron chi connectivity index (χ4n) is 3.24. The highest BCUT2D eigenvalue weighted by Gasteiger charge is 2.18. The zero-order chi connectivity index (χ0) is 16.4. The molecule has 1 aromatic heterocycles. The lowest BCUT2D eigenvalue weighted by Crippen LogP contribution is -2.21. The lowest BCUT2D eigenvalue weighted by Gasteiger charge is -2.21. The highest BCUT2D eigenvalue weighted by atomic mass is 16.5. The van der Waals surface area contributed by atoms with Crippen LogP contribution in [0.1, 0.15) is 49.1 Å². The minimum absolute atomic E-state index is 0.318. The van der Waals surface area contributed by atoms with Gasteiger partial charge in [0.15, 0.2) is 0 Å². The van der Waals surface area contributed by atoms with E-state index in [0.717, 1.165) is 36.5 Å². The largest absolute Gasteiger partial charge is 0.378 e. The smallest absolute Gasteiger partial charge is 0.109 e.